The molecule has 17 heavy (non-hydrogen) atoms. The molecular weight excluding hydrogens is 216 g/mol. The largest absolute Gasteiger partial charge is 0.396 e. The molecule has 4 heteroatoms. The van der Waals surface area contributed by atoms with E-state index in [1.54, 1.807) is 0 Å². The Kier molecular flexibility index (Phi) is 6.52. The van der Waals surface area contributed by atoms with E-state index in [1.165, 1.54) is 19.3 Å². The molecule has 0 spiro atoms. The zero-order chi connectivity index (χ0) is 12.7. The Labute approximate surface area is 104 Å². The van der Waals surface area contributed by atoms with Crippen LogP contribution in [-0.4, -0.2) is 36.8 Å². The maximum atomic E-state index is 11.5. The molecule has 0 bridgehead atoms. The van der Waals surface area contributed by atoms with Gasteiger partial charge in [-0.25, -0.2) is 0 Å². The Hall–Kier alpha value is -0.610. The van der Waals surface area contributed by atoms with Gasteiger partial charge in [0, 0.05) is 13.2 Å². The average Bonchev–Trinajstić information content (AvgIpc) is 2.36. The van der Waals surface area contributed by atoms with Crippen LogP contribution in [0.25, 0.3) is 0 Å². The maximum Gasteiger partial charge on any atom is 0.236 e. The van der Waals surface area contributed by atoms with Crippen molar-refractivity contribution < 1.29 is 9.90 Å². The molecule has 1 aliphatic rings. The van der Waals surface area contributed by atoms with Crippen LogP contribution in [0.4, 0.5) is 0 Å². The standard InChI is InChI=1S/C13H26N2O2/c1-3-14-13(17)10(2)15-8-11-6-4-5-7-12(11)9-16/h10-12,15-16H,3-9H2,1-2H3,(H,14,17). The quantitative estimate of drug-likeness (QED) is 0.648. The lowest BCUT2D eigenvalue weighted by Crippen LogP contribution is -2.45. The van der Waals surface area contributed by atoms with E-state index >= 15 is 0 Å². The molecule has 4 nitrogen and oxygen atoms in total. The molecule has 0 aromatic heterocycles. The van der Waals surface area contributed by atoms with E-state index in [9.17, 15) is 9.90 Å². The van der Waals surface area contributed by atoms with Crippen molar-refractivity contribution in [3.63, 3.8) is 0 Å². The lowest BCUT2D eigenvalue weighted by Gasteiger charge is -2.31. The van der Waals surface area contributed by atoms with Gasteiger partial charge >= 0.3 is 0 Å². The van der Waals surface area contributed by atoms with Gasteiger partial charge in [0.15, 0.2) is 0 Å². The van der Waals surface area contributed by atoms with Crippen LogP contribution in [0.5, 0.6) is 0 Å². The third-order valence-electron chi connectivity index (χ3n) is 3.73. The topological polar surface area (TPSA) is 61.4 Å². The lowest BCUT2D eigenvalue weighted by atomic mass is 9.79. The Balaban J connectivity index is 2.30. The molecule has 0 aliphatic heterocycles. The van der Waals surface area contributed by atoms with Gasteiger partial charge in [-0.15, -0.1) is 0 Å². The van der Waals surface area contributed by atoms with Crippen LogP contribution in [0.3, 0.4) is 0 Å². The zero-order valence-corrected chi connectivity index (χ0v) is 11.0. The molecule has 3 N–H and O–H groups in total. The number of carbonyl (C=O) groups is 1. The fourth-order valence-corrected chi connectivity index (χ4v) is 2.54. The molecule has 0 aromatic rings. The van der Waals surface area contributed by atoms with Crippen molar-refractivity contribution in [3.05, 3.63) is 0 Å². The van der Waals surface area contributed by atoms with Crippen molar-refractivity contribution in [3.8, 4) is 0 Å². The summed E-state index contributed by atoms with van der Waals surface area (Å²) in [7, 11) is 0. The summed E-state index contributed by atoms with van der Waals surface area (Å²) in [6, 6.07) is -0.142. The van der Waals surface area contributed by atoms with Crippen molar-refractivity contribution in [2.24, 2.45) is 11.8 Å². The minimum atomic E-state index is -0.142. The van der Waals surface area contributed by atoms with Crippen LogP contribution in [0, 0.1) is 11.8 Å². The molecule has 3 unspecified atom stereocenters. The number of hydrogen-bond acceptors (Lipinski definition) is 3. The van der Waals surface area contributed by atoms with Crippen LogP contribution in [0.2, 0.25) is 0 Å². The molecule has 1 aliphatic carbocycles. The number of carbonyl (C=O) groups excluding carboxylic acids is 1. The van der Waals surface area contributed by atoms with Crippen molar-refractivity contribution in [1.29, 1.82) is 0 Å². The van der Waals surface area contributed by atoms with E-state index in [0.717, 1.165) is 13.0 Å². The Bertz CT molecular complexity index is 233. The molecule has 100 valence electrons. The summed E-state index contributed by atoms with van der Waals surface area (Å²) in [6.45, 7) is 5.61. The predicted molar refractivity (Wildman–Crippen MR) is 68.7 cm³/mol. The summed E-state index contributed by atoms with van der Waals surface area (Å²) < 4.78 is 0. The Morgan fingerprint density at radius 3 is 2.59 bits per heavy atom. The highest BCUT2D eigenvalue weighted by Gasteiger charge is 2.25. The summed E-state index contributed by atoms with van der Waals surface area (Å²) >= 11 is 0. The van der Waals surface area contributed by atoms with Gasteiger partial charge < -0.3 is 15.7 Å². The second-order valence-electron chi connectivity index (χ2n) is 5.01. The van der Waals surface area contributed by atoms with Crippen molar-refractivity contribution in [2.75, 3.05) is 19.7 Å². The number of nitrogens with one attached hydrogen (secondary N) is 2. The first-order valence-electron chi connectivity index (χ1n) is 6.81. The number of amides is 1. The van der Waals surface area contributed by atoms with Crippen molar-refractivity contribution >= 4 is 5.91 Å². The number of hydrogen-bond donors (Lipinski definition) is 3. The maximum absolute atomic E-state index is 11.5. The SMILES string of the molecule is CCNC(=O)C(C)NCC1CCCCC1CO. The summed E-state index contributed by atoms with van der Waals surface area (Å²) in [5.74, 6) is 0.993. The van der Waals surface area contributed by atoms with Crippen LogP contribution in [0.1, 0.15) is 39.5 Å². The number of aliphatic hydroxyl groups is 1. The van der Waals surface area contributed by atoms with Crippen LogP contribution in [-0.2, 0) is 4.79 Å². The minimum Gasteiger partial charge on any atom is -0.396 e. The molecule has 3 atom stereocenters. The van der Waals surface area contributed by atoms with Crippen LogP contribution >= 0.6 is 0 Å². The molecule has 1 rings (SSSR count). The van der Waals surface area contributed by atoms with Gasteiger partial charge in [0.25, 0.3) is 0 Å². The highest BCUT2D eigenvalue weighted by molar-refractivity contribution is 5.81. The summed E-state index contributed by atoms with van der Waals surface area (Å²) in [6.07, 6.45) is 4.77. The smallest absolute Gasteiger partial charge is 0.236 e. The van der Waals surface area contributed by atoms with Gasteiger partial charge in [-0.3, -0.25) is 4.79 Å². The zero-order valence-electron chi connectivity index (χ0n) is 11.0. The van der Waals surface area contributed by atoms with E-state index in [0.29, 0.717) is 18.4 Å². The van der Waals surface area contributed by atoms with Gasteiger partial charge in [-0.1, -0.05) is 12.8 Å². The number of likely N-dealkylation sites (N-methyl/N-ethyl adjacent to an activating group) is 1. The van der Waals surface area contributed by atoms with E-state index in [-0.39, 0.29) is 18.6 Å². The first kappa shape index (κ1) is 14.5. The molecule has 1 saturated carbocycles. The minimum absolute atomic E-state index is 0.0591. The third-order valence-corrected chi connectivity index (χ3v) is 3.73. The summed E-state index contributed by atoms with van der Waals surface area (Å²) in [5, 5.41) is 15.4. The predicted octanol–water partition coefficient (Wildman–Crippen LogP) is 0.899. The summed E-state index contributed by atoms with van der Waals surface area (Å²) in [5.41, 5.74) is 0. The molecule has 0 radical (unpaired) electrons. The van der Waals surface area contributed by atoms with Gasteiger partial charge in [0.05, 0.1) is 6.04 Å². The fraction of sp³-hybridized carbons (Fsp3) is 0.923. The summed E-state index contributed by atoms with van der Waals surface area (Å²) in [4.78, 5) is 11.5. The first-order chi connectivity index (χ1) is 8.19. The molecular formula is C13H26N2O2. The molecule has 1 fully saturated rings. The van der Waals surface area contributed by atoms with Crippen LogP contribution < -0.4 is 10.6 Å². The lowest BCUT2D eigenvalue weighted by molar-refractivity contribution is -0.122. The first-order valence-corrected chi connectivity index (χ1v) is 6.81. The Morgan fingerprint density at radius 2 is 2.00 bits per heavy atom. The normalized spacial score (nSPS) is 26.5. The number of aliphatic hydroxyl groups excluding tert-OH is 1. The van der Waals surface area contributed by atoms with E-state index in [1.807, 2.05) is 13.8 Å². The van der Waals surface area contributed by atoms with Gasteiger partial charge in [0.1, 0.15) is 0 Å². The van der Waals surface area contributed by atoms with E-state index in [2.05, 4.69) is 10.6 Å². The third kappa shape index (κ3) is 4.64. The van der Waals surface area contributed by atoms with E-state index in [4.69, 9.17) is 0 Å². The van der Waals surface area contributed by atoms with Crippen molar-refractivity contribution in [2.45, 2.75) is 45.6 Å². The molecule has 1 amide bonds. The second-order valence-corrected chi connectivity index (χ2v) is 5.01. The van der Waals surface area contributed by atoms with Gasteiger partial charge in [-0.05, 0) is 45.1 Å². The highest BCUT2D eigenvalue weighted by Crippen LogP contribution is 2.29. The highest BCUT2D eigenvalue weighted by atomic mass is 16.3. The molecule has 0 heterocycles. The van der Waals surface area contributed by atoms with Gasteiger partial charge in [0.2, 0.25) is 5.91 Å². The van der Waals surface area contributed by atoms with Crippen LogP contribution in [0.15, 0.2) is 0 Å². The fourth-order valence-electron chi connectivity index (χ4n) is 2.54. The number of rotatable bonds is 6. The van der Waals surface area contributed by atoms with Gasteiger partial charge in [-0.2, -0.15) is 0 Å². The molecule has 0 saturated heterocycles. The second kappa shape index (κ2) is 7.67. The Morgan fingerprint density at radius 1 is 1.35 bits per heavy atom. The molecule has 0 aromatic carbocycles. The van der Waals surface area contributed by atoms with E-state index < -0.39 is 0 Å². The monoisotopic (exact) mass is 242 g/mol. The van der Waals surface area contributed by atoms with Crippen molar-refractivity contribution in [1.82, 2.24) is 10.6 Å². The average molecular weight is 242 g/mol.